The van der Waals surface area contributed by atoms with Crippen molar-refractivity contribution in [2.75, 3.05) is 0 Å². The zero-order valence-corrected chi connectivity index (χ0v) is 6.77. The number of allylic oxidation sites excluding steroid dienone is 1. The van der Waals surface area contributed by atoms with Crippen LogP contribution in [0.1, 0.15) is 11.3 Å². The molecule has 0 amide bonds. The molecule has 1 aromatic heterocycles. The number of hydrogen-bond acceptors (Lipinski definition) is 3. The van der Waals surface area contributed by atoms with Crippen molar-refractivity contribution in [3.8, 4) is 0 Å². The Morgan fingerprint density at radius 2 is 2.45 bits per heavy atom. The summed E-state index contributed by atoms with van der Waals surface area (Å²) in [6.07, 6.45) is 4.86. The fourth-order valence-corrected chi connectivity index (χ4v) is 1.73. The summed E-state index contributed by atoms with van der Waals surface area (Å²) in [7, 11) is 0. The Morgan fingerprint density at radius 3 is 3.27 bits per heavy atom. The van der Waals surface area contributed by atoms with Crippen molar-refractivity contribution in [2.24, 2.45) is 5.14 Å². The molecular formula is C8H8N2S. The van der Waals surface area contributed by atoms with E-state index in [0.717, 1.165) is 17.0 Å². The van der Waals surface area contributed by atoms with Crippen molar-refractivity contribution < 1.29 is 0 Å². The predicted octanol–water partition coefficient (Wildman–Crippen LogP) is 1.59. The van der Waals surface area contributed by atoms with Gasteiger partial charge in [0.2, 0.25) is 0 Å². The van der Waals surface area contributed by atoms with Crippen LogP contribution in [0.25, 0.3) is 4.91 Å². The molecule has 1 aliphatic carbocycles. The number of hydrogen-bond donors (Lipinski definition) is 1. The molecule has 0 atom stereocenters. The fourth-order valence-electron chi connectivity index (χ4n) is 1.24. The monoisotopic (exact) mass is 164 g/mol. The smallest absolute Gasteiger partial charge is 0.0525 e. The number of rotatable bonds is 1. The summed E-state index contributed by atoms with van der Waals surface area (Å²) < 4.78 is 0. The van der Waals surface area contributed by atoms with Gasteiger partial charge < -0.3 is 0 Å². The van der Waals surface area contributed by atoms with Crippen molar-refractivity contribution in [1.29, 1.82) is 0 Å². The third-order valence-corrected chi connectivity index (χ3v) is 2.40. The van der Waals surface area contributed by atoms with Gasteiger partial charge >= 0.3 is 0 Å². The highest BCUT2D eigenvalue weighted by Crippen LogP contribution is 2.30. The van der Waals surface area contributed by atoms with Crippen molar-refractivity contribution in [2.45, 2.75) is 6.42 Å². The van der Waals surface area contributed by atoms with Crippen molar-refractivity contribution in [1.82, 2.24) is 4.98 Å². The van der Waals surface area contributed by atoms with Crippen molar-refractivity contribution in [3.63, 3.8) is 0 Å². The molecule has 1 heterocycles. The maximum absolute atomic E-state index is 5.47. The highest BCUT2D eigenvalue weighted by atomic mass is 32.2. The van der Waals surface area contributed by atoms with Gasteiger partial charge in [0.05, 0.1) is 5.69 Å². The van der Waals surface area contributed by atoms with E-state index in [-0.39, 0.29) is 0 Å². The topological polar surface area (TPSA) is 38.9 Å². The van der Waals surface area contributed by atoms with Crippen LogP contribution in [-0.4, -0.2) is 4.98 Å². The maximum Gasteiger partial charge on any atom is 0.0525 e. The number of nitrogens with zero attached hydrogens (tertiary/aromatic N) is 1. The lowest BCUT2D eigenvalue weighted by atomic mass is 10.2. The minimum Gasteiger partial charge on any atom is -0.274 e. The van der Waals surface area contributed by atoms with Gasteiger partial charge in [0.25, 0.3) is 0 Å². The third-order valence-electron chi connectivity index (χ3n) is 1.76. The van der Waals surface area contributed by atoms with Gasteiger partial charge in [-0.3, -0.25) is 10.1 Å². The standard InChI is InChI=1S/C8H8N2S/c9-11-8-4-3-7-6(8)2-1-5-10-7/h1-2,4-5H,3,9H2. The Hall–Kier alpha value is -0.800. The van der Waals surface area contributed by atoms with E-state index >= 15 is 0 Å². The summed E-state index contributed by atoms with van der Waals surface area (Å²) in [6, 6.07) is 4.00. The van der Waals surface area contributed by atoms with E-state index in [9.17, 15) is 0 Å². The van der Waals surface area contributed by atoms with Gasteiger partial charge in [-0.2, -0.15) is 0 Å². The highest BCUT2D eigenvalue weighted by Gasteiger charge is 2.12. The van der Waals surface area contributed by atoms with Crippen LogP contribution >= 0.6 is 11.9 Å². The van der Waals surface area contributed by atoms with Gasteiger partial charge in [-0.05, 0) is 18.0 Å². The summed E-state index contributed by atoms with van der Waals surface area (Å²) >= 11 is 1.30. The average Bonchev–Trinajstić information content (AvgIpc) is 2.47. The summed E-state index contributed by atoms with van der Waals surface area (Å²) in [4.78, 5) is 5.38. The van der Waals surface area contributed by atoms with E-state index in [1.165, 1.54) is 17.5 Å². The molecule has 0 radical (unpaired) electrons. The zero-order valence-electron chi connectivity index (χ0n) is 5.95. The van der Waals surface area contributed by atoms with Gasteiger partial charge in [0, 0.05) is 23.1 Å². The molecule has 2 rings (SSSR count). The molecule has 0 saturated carbocycles. The Labute approximate surface area is 69.6 Å². The van der Waals surface area contributed by atoms with Gasteiger partial charge in [0.15, 0.2) is 0 Å². The predicted molar refractivity (Wildman–Crippen MR) is 47.7 cm³/mol. The molecular weight excluding hydrogens is 156 g/mol. The lowest BCUT2D eigenvalue weighted by Crippen LogP contribution is -1.87. The Kier molecular flexibility index (Phi) is 1.68. The van der Waals surface area contributed by atoms with Crippen LogP contribution in [0.3, 0.4) is 0 Å². The number of fused-ring (bicyclic) bond motifs is 1. The molecule has 1 aromatic rings. The molecule has 1 aliphatic rings. The van der Waals surface area contributed by atoms with Crippen molar-refractivity contribution in [3.05, 3.63) is 35.7 Å². The first-order valence-corrected chi connectivity index (χ1v) is 4.31. The molecule has 0 aromatic carbocycles. The van der Waals surface area contributed by atoms with E-state index in [4.69, 9.17) is 5.14 Å². The Bertz CT molecular complexity index is 307. The summed E-state index contributed by atoms with van der Waals surface area (Å²) in [5.74, 6) is 0. The molecule has 0 aliphatic heterocycles. The SMILES string of the molecule is NSC1=CCc2ncccc21. The summed E-state index contributed by atoms with van der Waals surface area (Å²) in [6.45, 7) is 0. The fraction of sp³-hybridized carbons (Fsp3) is 0.125. The minimum absolute atomic E-state index is 0.926. The number of nitrogens with two attached hydrogens (primary N) is 1. The first-order chi connectivity index (χ1) is 5.42. The van der Waals surface area contributed by atoms with Crippen LogP contribution in [0.2, 0.25) is 0 Å². The van der Waals surface area contributed by atoms with E-state index in [2.05, 4.69) is 17.1 Å². The zero-order chi connectivity index (χ0) is 7.68. The van der Waals surface area contributed by atoms with Gasteiger partial charge in [-0.25, -0.2) is 0 Å². The molecule has 56 valence electrons. The molecule has 0 spiro atoms. The first kappa shape index (κ1) is 6.88. The molecule has 0 bridgehead atoms. The lowest BCUT2D eigenvalue weighted by molar-refractivity contribution is 1.13. The lowest BCUT2D eigenvalue weighted by Gasteiger charge is -1.98. The highest BCUT2D eigenvalue weighted by molar-refractivity contribution is 8.06. The third kappa shape index (κ3) is 1.06. The molecule has 0 fully saturated rings. The van der Waals surface area contributed by atoms with E-state index in [1.807, 2.05) is 12.3 Å². The second-order valence-electron chi connectivity index (χ2n) is 2.39. The van der Waals surface area contributed by atoms with E-state index in [1.54, 1.807) is 0 Å². The van der Waals surface area contributed by atoms with Crippen LogP contribution in [0.5, 0.6) is 0 Å². The van der Waals surface area contributed by atoms with Gasteiger partial charge in [0.1, 0.15) is 0 Å². The van der Waals surface area contributed by atoms with Crippen LogP contribution in [0.4, 0.5) is 0 Å². The normalized spacial score (nSPS) is 14.5. The van der Waals surface area contributed by atoms with Gasteiger partial charge in [-0.15, -0.1) is 0 Å². The van der Waals surface area contributed by atoms with E-state index < -0.39 is 0 Å². The molecule has 2 nitrogen and oxygen atoms in total. The minimum atomic E-state index is 0.926. The van der Waals surface area contributed by atoms with Crippen LogP contribution in [0, 0.1) is 0 Å². The summed E-state index contributed by atoms with van der Waals surface area (Å²) in [5, 5.41) is 5.47. The quantitative estimate of drug-likeness (QED) is 0.640. The van der Waals surface area contributed by atoms with Crippen LogP contribution in [-0.2, 0) is 6.42 Å². The molecule has 0 saturated heterocycles. The van der Waals surface area contributed by atoms with Crippen LogP contribution in [0.15, 0.2) is 24.4 Å². The molecule has 0 unspecified atom stereocenters. The second kappa shape index (κ2) is 2.68. The maximum atomic E-state index is 5.47. The Morgan fingerprint density at radius 1 is 1.55 bits per heavy atom. The second-order valence-corrected chi connectivity index (χ2v) is 3.06. The number of pyridine rings is 1. The molecule has 2 N–H and O–H groups in total. The van der Waals surface area contributed by atoms with E-state index in [0.29, 0.717) is 0 Å². The van der Waals surface area contributed by atoms with Crippen LogP contribution < -0.4 is 5.14 Å². The van der Waals surface area contributed by atoms with Gasteiger partial charge in [-0.1, -0.05) is 12.1 Å². The van der Waals surface area contributed by atoms with Crippen molar-refractivity contribution >= 4 is 16.9 Å². The Balaban J connectivity index is 2.48. The largest absolute Gasteiger partial charge is 0.274 e. The first-order valence-electron chi connectivity index (χ1n) is 3.43. The molecule has 3 heteroatoms. The molecule has 11 heavy (non-hydrogen) atoms. The summed E-state index contributed by atoms with van der Waals surface area (Å²) in [5.41, 5.74) is 2.33. The number of aromatic nitrogens is 1. The average molecular weight is 164 g/mol.